The van der Waals surface area contributed by atoms with Gasteiger partial charge < -0.3 is 4.90 Å². The Morgan fingerprint density at radius 1 is 1.41 bits per heavy atom. The Morgan fingerprint density at radius 3 is 2.88 bits per heavy atom. The first-order valence-corrected chi connectivity index (χ1v) is 5.72. The molecule has 2 rings (SSSR count). The summed E-state index contributed by atoms with van der Waals surface area (Å²) in [5, 5.41) is 0. The van der Waals surface area contributed by atoms with Crippen LogP contribution >= 0.6 is 0 Å². The highest BCUT2D eigenvalue weighted by molar-refractivity contribution is 5.91. The Morgan fingerprint density at radius 2 is 2.18 bits per heavy atom. The van der Waals surface area contributed by atoms with Crippen molar-refractivity contribution in [2.24, 2.45) is 0 Å². The summed E-state index contributed by atoms with van der Waals surface area (Å²) in [6.07, 6.45) is 5.15. The second-order valence-corrected chi connectivity index (χ2v) is 3.92. The fraction of sp³-hybridized carbons (Fsp3) is 0.545. The molecule has 1 aromatic rings. The average Bonchev–Trinajstić information content (AvgIpc) is 2.40. The van der Waals surface area contributed by atoms with Gasteiger partial charge in [-0.2, -0.15) is 0 Å². The van der Waals surface area contributed by atoms with Crippen molar-refractivity contribution in [2.75, 3.05) is 25.1 Å². The summed E-state index contributed by atoms with van der Waals surface area (Å²) < 4.78 is 0. The van der Waals surface area contributed by atoms with Crippen LogP contribution in [0, 0.1) is 0 Å². The lowest BCUT2D eigenvalue weighted by Gasteiger charge is -2.26. The first-order chi connectivity index (χ1) is 8.31. The quantitative estimate of drug-likeness (QED) is 0.785. The second kappa shape index (κ2) is 5.58. The maximum Gasteiger partial charge on any atom is 0.293 e. The number of hydroxylamine groups is 1. The number of anilines is 1. The van der Waals surface area contributed by atoms with Gasteiger partial charge in [0.2, 0.25) is 5.95 Å². The molecule has 1 fully saturated rings. The number of carbonyl (C=O) groups excluding carboxylic acids is 1. The third kappa shape index (κ3) is 2.91. The molecule has 0 unspecified atom stereocenters. The maximum absolute atomic E-state index is 11.5. The standard InChI is InChI=1S/C11H16N4O2/c1-17-14-10(16)9-5-6-12-11(13-9)15-7-3-2-4-8-15/h5-6H,2-4,7-8H2,1H3,(H,14,16). The summed E-state index contributed by atoms with van der Waals surface area (Å²) in [7, 11) is 1.39. The smallest absolute Gasteiger partial charge is 0.293 e. The van der Waals surface area contributed by atoms with E-state index in [1.165, 1.54) is 13.5 Å². The third-order valence-electron chi connectivity index (χ3n) is 2.71. The number of piperidine rings is 1. The van der Waals surface area contributed by atoms with Crippen LogP contribution < -0.4 is 10.4 Å². The number of nitrogens with zero attached hydrogens (tertiary/aromatic N) is 3. The van der Waals surface area contributed by atoms with Crippen LogP contribution in [-0.2, 0) is 4.84 Å². The lowest BCUT2D eigenvalue weighted by atomic mass is 10.1. The van der Waals surface area contributed by atoms with E-state index >= 15 is 0 Å². The predicted octanol–water partition coefficient (Wildman–Crippen LogP) is 0.758. The lowest BCUT2D eigenvalue weighted by molar-refractivity contribution is 0.0532. The number of aromatic nitrogens is 2. The molecular weight excluding hydrogens is 220 g/mol. The summed E-state index contributed by atoms with van der Waals surface area (Å²) >= 11 is 0. The molecule has 0 aromatic carbocycles. The monoisotopic (exact) mass is 236 g/mol. The number of nitrogens with one attached hydrogen (secondary N) is 1. The molecule has 0 spiro atoms. The van der Waals surface area contributed by atoms with Crippen molar-refractivity contribution in [2.45, 2.75) is 19.3 Å². The molecule has 17 heavy (non-hydrogen) atoms. The van der Waals surface area contributed by atoms with Crippen molar-refractivity contribution in [1.82, 2.24) is 15.4 Å². The molecule has 0 saturated carbocycles. The van der Waals surface area contributed by atoms with E-state index in [9.17, 15) is 4.79 Å². The van der Waals surface area contributed by atoms with Crippen molar-refractivity contribution in [3.8, 4) is 0 Å². The van der Waals surface area contributed by atoms with Gasteiger partial charge in [-0.25, -0.2) is 15.4 Å². The molecule has 6 heteroatoms. The Hall–Kier alpha value is -1.69. The fourth-order valence-electron chi connectivity index (χ4n) is 1.87. The minimum atomic E-state index is -0.354. The molecule has 6 nitrogen and oxygen atoms in total. The molecule has 1 amide bonds. The molecule has 2 heterocycles. The first-order valence-electron chi connectivity index (χ1n) is 5.72. The summed E-state index contributed by atoms with van der Waals surface area (Å²) in [4.78, 5) is 26.6. The Bertz CT molecular complexity index is 391. The molecule has 0 radical (unpaired) electrons. The molecule has 0 atom stereocenters. The van der Waals surface area contributed by atoms with Gasteiger partial charge in [0.25, 0.3) is 5.91 Å². The molecule has 0 bridgehead atoms. The van der Waals surface area contributed by atoms with Gasteiger partial charge in [0.05, 0.1) is 7.11 Å². The largest absolute Gasteiger partial charge is 0.341 e. The van der Waals surface area contributed by atoms with E-state index in [1.54, 1.807) is 12.3 Å². The van der Waals surface area contributed by atoms with Crippen LogP contribution in [0.2, 0.25) is 0 Å². The summed E-state index contributed by atoms with van der Waals surface area (Å²) in [5.41, 5.74) is 2.57. The van der Waals surface area contributed by atoms with Crippen LogP contribution in [0.15, 0.2) is 12.3 Å². The zero-order chi connectivity index (χ0) is 12.1. The van der Waals surface area contributed by atoms with Crippen LogP contribution in [0.25, 0.3) is 0 Å². The number of rotatable bonds is 3. The second-order valence-electron chi connectivity index (χ2n) is 3.92. The van der Waals surface area contributed by atoms with Gasteiger partial charge in [-0.1, -0.05) is 0 Å². The zero-order valence-corrected chi connectivity index (χ0v) is 9.85. The van der Waals surface area contributed by atoms with E-state index < -0.39 is 0 Å². The minimum Gasteiger partial charge on any atom is -0.341 e. The van der Waals surface area contributed by atoms with Crippen molar-refractivity contribution in [1.29, 1.82) is 0 Å². The van der Waals surface area contributed by atoms with E-state index in [0.717, 1.165) is 25.9 Å². The summed E-state index contributed by atoms with van der Waals surface area (Å²) in [6.45, 7) is 1.91. The van der Waals surface area contributed by atoms with Crippen LogP contribution in [0.1, 0.15) is 29.8 Å². The molecule has 1 aliphatic heterocycles. The zero-order valence-electron chi connectivity index (χ0n) is 9.85. The Kier molecular flexibility index (Phi) is 3.87. The minimum absolute atomic E-state index is 0.322. The molecule has 92 valence electrons. The first kappa shape index (κ1) is 11.8. The third-order valence-corrected chi connectivity index (χ3v) is 2.71. The van der Waals surface area contributed by atoms with Crippen molar-refractivity contribution >= 4 is 11.9 Å². The van der Waals surface area contributed by atoms with Crippen LogP contribution in [0.3, 0.4) is 0 Å². The van der Waals surface area contributed by atoms with E-state index in [0.29, 0.717) is 11.6 Å². The highest BCUT2D eigenvalue weighted by Crippen LogP contribution is 2.15. The Labute approximate surface area is 100.0 Å². The van der Waals surface area contributed by atoms with E-state index in [2.05, 4.69) is 25.2 Å². The molecule has 1 aromatic heterocycles. The van der Waals surface area contributed by atoms with Crippen molar-refractivity contribution in [3.05, 3.63) is 18.0 Å². The molecule has 0 aliphatic carbocycles. The maximum atomic E-state index is 11.5. The highest BCUT2D eigenvalue weighted by atomic mass is 16.6. The van der Waals surface area contributed by atoms with E-state index in [1.807, 2.05) is 0 Å². The van der Waals surface area contributed by atoms with Gasteiger partial charge in [0.1, 0.15) is 5.69 Å². The van der Waals surface area contributed by atoms with Crippen molar-refractivity contribution in [3.63, 3.8) is 0 Å². The van der Waals surface area contributed by atoms with Gasteiger partial charge in [-0.15, -0.1) is 0 Å². The molecule has 1 saturated heterocycles. The molecule has 1 aliphatic rings. The van der Waals surface area contributed by atoms with E-state index in [4.69, 9.17) is 0 Å². The van der Waals surface area contributed by atoms with Gasteiger partial charge in [-0.05, 0) is 25.3 Å². The topological polar surface area (TPSA) is 67.3 Å². The molecular formula is C11H16N4O2. The van der Waals surface area contributed by atoms with Crippen molar-refractivity contribution < 1.29 is 9.63 Å². The van der Waals surface area contributed by atoms with Crippen LogP contribution in [-0.4, -0.2) is 36.1 Å². The SMILES string of the molecule is CONC(=O)c1ccnc(N2CCCCC2)n1. The van der Waals surface area contributed by atoms with E-state index in [-0.39, 0.29) is 5.91 Å². The van der Waals surface area contributed by atoms with Gasteiger partial charge >= 0.3 is 0 Å². The number of hydrogen-bond acceptors (Lipinski definition) is 5. The lowest BCUT2D eigenvalue weighted by Crippen LogP contribution is -2.32. The summed E-state index contributed by atoms with van der Waals surface area (Å²) in [5.74, 6) is 0.265. The number of carbonyl (C=O) groups is 1. The molecule has 1 N–H and O–H groups in total. The number of hydrogen-bond donors (Lipinski definition) is 1. The highest BCUT2D eigenvalue weighted by Gasteiger charge is 2.15. The normalized spacial score (nSPS) is 15.7. The van der Waals surface area contributed by atoms with Gasteiger partial charge in [-0.3, -0.25) is 9.63 Å². The summed E-state index contributed by atoms with van der Waals surface area (Å²) in [6, 6.07) is 1.57. The predicted molar refractivity (Wildman–Crippen MR) is 62.6 cm³/mol. The average molecular weight is 236 g/mol. The van der Waals surface area contributed by atoms with Crippen LogP contribution in [0.5, 0.6) is 0 Å². The van der Waals surface area contributed by atoms with Gasteiger partial charge in [0, 0.05) is 19.3 Å². The number of amides is 1. The van der Waals surface area contributed by atoms with Gasteiger partial charge in [0.15, 0.2) is 0 Å². The van der Waals surface area contributed by atoms with Crippen LogP contribution in [0.4, 0.5) is 5.95 Å². The fourth-order valence-corrected chi connectivity index (χ4v) is 1.87. The Balaban J connectivity index is 2.12.